The van der Waals surface area contributed by atoms with Gasteiger partial charge in [-0.25, -0.2) is 0 Å². The summed E-state index contributed by atoms with van der Waals surface area (Å²) in [5, 5.41) is 9.87. The van der Waals surface area contributed by atoms with Crippen LogP contribution in [-0.2, 0) is 4.79 Å². The molecule has 1 rings (SSSR count). The van der Waals surface area contributed by atoms with Gasteiger partial charge in [-0.1, -0.05) is 50.6 Å². The molecule has 0 aliphatic heterocycles. The van der Waals surface area contributed by atoms with Gasteiger partial charge in [0.15, 0.2) is 5.78 Å². The molecule has 15 heavy (non-hydrogen) atoms. The van der Waals surface area contributed by atoms with E-state index in [1.54, 1.807) is 12.1 Å². The molecule has 1 aromatic rings. The highest BCUT2D eigenvalue weighted by molar-refractivity contribution is 5.88. The minimum atomic E-state index is -1.01. The number of aliphatic hydroxyl groups is 1. The van der Waals surface area contributed by atoms with Crippen LogP contribution in [0.15, 0.2) is 24.3 Å². The molecule has 0 fully saturated rings. The average molecular weight is 206 g/mol. The van der Waals surface area contributed by atoms with Crippen LogP contribution in [-0.4, -0.2) is 10.9 Å². The van der Waals surface area contributed by atoms with Crippen molar-refractivity contribution in [1.82, 2.24) is 0 Å². The summed E-state index contributed by atoms with van der Waals surface area (Å²) in [7, 11) is 0. The van der Waals surface area contributed by atoms with Crippen LogP contribution in [0.2, 0.25) is 0 Å². The minimum absolute atomic E-state index is 0.147. The lowest BCUT2D eigenvalue weighted by Crippen LogP contribution is -2.26. The van der Waals surface area contributed by atoms with Gasteiger partial charge in [-0.3, -0.25) is 4.79 Å². The normalized spacial score (nSPS) is 13.7. The molecule has 1 aromatic carbocycles. The Hall–Kier alpha value is -1.15. The molecule has 0 amide bonds. The van der Waals surface area contributed by atoms with E-state index in [9.17, 15) is 9.90 Å². The van der Waals surface area contributed by atoms with Gasteiger partial charge in [0, 0.05) is 5.41 Å². The number of ketones is 1. The van der Waals surface area contributed by atoms with Crippen molar-refractivity contribution in [3.8, 4) is 0 Å². The van der Waals surface area contributed by atoms with Gasteiger partial charge in [-0.15, -0.1) is 0 Å². The summed E-state index contributed by atoms with van der Waals surface area (Å²) in [5.41, 5.74) is 1.28. The van der Waals surface area contributed by atoms with Gasteiger partial charge in [0.25, 0.3) is 0 Å². The largest absolute Gasteiger partial charge is 0.381 e. The molecule has 0 aliphatic carbocycles. The van der Waals surface area contributed by atoms with Crippen molar-refractivity contribution in [2.24, 2.45) is 5.41 Å². The van der Waals surface area contributed by atoms with E-state index in [1.165, 1.54) is 0 Å². The van der Waals surface area contributed by atoms with Crippen LogP contribution >= 0.6 is 0 Å². The predicted molar refractivity (Wildman–Crippen MR) is 60.6 cm³/mol. The Labute approximate surface area is 90.9 Å². The molecule has 0 heterocycles. The van der Waals surface area contributed by atoms with Crippen molar-refractivity contribution >= 4 is 5.78 Å². The van der Waals surface area contributed by atoms with E-state index in [-0.39, 0.29) is 5.78 Å². The lowest BCUT2D eigenvalue weighted by atomic mass is 9.85. The SMILES string of the molecule is Cc1ccc([C@H](O)C(=O)C(C)(C)C)cc1. The highest BCUT2D eigenvalue weighted by Crippen LogP contribution is 2.25. The van der Waals surface area contributed by atoms with E-state index in [2.05, 4.69) is 0 Å². The lowest BCUT2D eigenvalue weighted by molar-refractivity contribution is -0.135. The zero-order valence-corrected chi connectivity index (χ0v) is 9.74. The molecule has 0 saturated heterocycles. The third-order valence-electron chi connectivity index (χ3n) is 2.38. The first kappa shape index (κ1) is 11.9. The number of aliphatic hydroxyl groups excluding tert-OH is 1. The second-order valence-corrected chi connectivity index (χ2v) is 4.93. The standard InChI is InChI=1S/C13H18O2/c1-9-5-7-10(8-6-9)11(14)12(15)13(2,3)4/h5-8,11,14H,1-4H3/t11-/m0/s1. The van der Waals surface area contributed by atoms with Gasteiger partial charge in [0.2, 0.25) is 0 Å². The zero-order chi connectivity index (χ0) is 11.6. The summed E-state index contributed by atoms with van der Waals surface area (Å²) in [6.45, 7) is 7.41. The van der Waals surface area contributed by atoms with Gasteiger partial charge in [-0.05, 0) is 12.5 Å². The quantitative estimate of drug-likeness (QED) is 0.807. The van der Waals surface area contributed by atoms with Crippen molar-refractivity contribution < 1.29 is 9.90 Å². The van der Waals surface area contributed by atoms with E-state index < -0.39 is 11.5 Å². The number of aryl methyl sites for hydroxylation is 1. The van der Waals surface area contributed by atoms with Gasteiger partial charge in [-0.2, -0.15) is 0 Å². The molecule has 0 aliphatic rings. The zero-order valence-electron chi connectivity index (χ0n) is 9.74. The molecule has 0 spiro atoms. The van der Waals surface area contributed by atoms with Crippen LogP contribution in [0.1, 0.15) is 38.0 Å². The van der Waals surface area contributed by atoms with Crippen molar-refractivity contribution in [1.29, 1.82) is 0 Å². The minimum Gasteiger partial charge on any atom is -0.381 e. The number of benzene rings is 1. The van der Waals surface area contributed by atoms with E-state index in [1.807, 2.05) is 39.8 Å². The molecular weight excluding hydrogens is 188 g/mol. The Kier molecular flexibility index (Phi) is 3.30. The van der Waals surface area contributed by atoms with Crippen LogP contribution in [0.3, 0.4) is 0 Å². The molecule has 0 aromatic heterocycles. The summed E-state index contributed by atoms with van der Waals surface area (Å²) in [5.74, 6) is -0.147. The number of carbonyl (C=O) groups is 1. The molecule has 2 heteroatoms. The predicted octanol–water partition coefficient (Wildman–Crippen LogP) is 2.64. The highest BCUT2D eigenvalue weighted by atomic mass is 16.3. The van der Waals surface area contributed by atoms with Crippen molar-refractivity contribution in [2.75, 3.05) is 0 Å². The Morgan fingerprint density at radius 3 is 2.07 bits per heavy atom. The summed E-state index contributed by atoms with van der Waals surface area (Å²) >= 11 is 0. The number of hydrogen-bond donors (Lipinski definition) is 1. The van der Waals surface area contributed by atoms with Crippen LogP contribution in [0.4, 0.5) is 0 Å². The molecule has 0 unspecified atom stereocenters. The van der Waals surface area contributed by atoms with Crippen molar-refractivity contribution in [2.45, 2.75) is 33.8 Å². The summed E-state index contributed by atoms with van der Waals surface area (Å²) in [6.07, 6.45) is -1.01. The number of Topliss-reactive ketones (excluding diaryl/α,β-unsaturated/α-hetero) is 1. The molecule has 82 valence electrons. The first-order valence-corrected chi connectivity index (χ1v) is 5.11. The lowest BCUT2D eigenvalue weighted by Gasteiger charge is -2.21. The molecule has 1 atom stereocenters. The Morgan fingerprint density at radius 1 is 1.20 bits per heavy atom. The van der Waals surface area contributed by atoms with Gasteiger partial charge in [0.1, 0.15) is 6.10 Å². The monoisotopic (exact) mass is 206 g/mol. The van der Waals surface area contributed by atoms with E-state index >= 15 is 0 Å². The highest BCUT2D eigenvalue weighted by Gasteiger charge is 2.28. The maximum absolute atomic E-state index is 11.8. The van der Waals surface area contributed by atoms with Gasteiger partial charge >= 0.3 is 0 Å². The molecule has 1 N–H and O–H groups in total. The smallest absolute Gasteiger partial charge is 0.171 e. The van der Waals surface area contributed by atoms with Crippen LogP contribution in [0.5, 0.6) is 0 Å². The Balaban J connectivity index is 2.90. The Morgan fingerprint density at radius 2 is 1.67 bits per heavy atom. The number of rotatable bonds is 2. The first-order chi connectivity index (χ1) is 6.82. The fourth-order valence-electron chi connectivity index (χ4n) is 1.31. The summed E-state index contributed by atoms with van der Waals surface area (Å²) in [6, 6.07) is 7.39. The van der Waals surface area contributed by atoms with Gasteiger partial charge < -0.3 is 5.11 Å². The second-order valence-electron chi connectivity index (χ2n) is 4.93. The fraction of sp³-hybridized carbons (Fsp3) is 0.462. The second kappa shape index (κ2) is 4.15. The fourth-order valence-corrected chi connectivity index (χ4v) is 1.31. The third-order valence-corrected chi connectivity index (χ3v) is 2.38. The maximum Gasteiger partial charge on any atom is 0.171 e. The van der Waals surface area contributed by atoms with Crippen LogP contribution < -0.4 is 0 Å². The topological polar surface area (TPSA) is 37.3 Å². The first-order valence-electron chi connectivity index (χ1n) is 5.11. The number of carbonyl (C=O) groups excluding carboxylic acids is 1. The number of hydrogen-bond acceptors (Lipinski definition) is 2. The van der Waals surface area contributed by atoms with Crippen LogP contribution in [0.25, 0.3) is 0 Å². The molecule has 0 radical (unpaired) electrons. The summed E-state index contributed by atoms with van der Waals surface area (Å²) in [4.78, 5) is 11.8. The third kappa shape index (κ3) is 2.90. The summed E-state index contributed by atoms with van der Waals surface area (Å²) < 4.78 is 0. The molecule has 2 nitrogen and oxygen atoms in total. The average Bonchev–Trinajstić information content (AvgIpc) is 2.15. The van der Waals surface area contributed by atoms with Gasteiger partial charge in [0.05, 0.1) is 0 Å². The van der Waals surface area contributed by atoms with Crippen molar-refractivity contribution in [3.05, 3.63) is 35.4 Å². The Bertz CT molecular complexity index is 344. The molecular formula is C13H18O2. The van der Waals surface area contributed by atoms with E-state index in [0.717, 1.165) is 5.56 Å². The maximum atomic E-state index is 11.8. The molecule has 0 saturated carbocycles. The van der Waals surface area contributed by atoms with Crippen LogP contribution in [0, 0.1) is 12.3 Å². The molecule has 0 bridgehead atoms. The van der Waals surface area contributed by atoms with E-state index in [4.69, 9.17) is 0 Å². The van der Waals surface area contributed by atoms with E-state index in [0.29, 0.717) is 5.56 Å². The van der Waals surface area contributed by atoms with Crippen molar-refractivity contribution in [3.63, 3.8) is 0 Å².